The molecule has 0 radical (unpaired) electrons. The molecule has 4 atom stereocenters. The van der Waals surface area contributed by atoms with Crippen LogP contribution in [0.4, 0.5) is 0 Å². The Morgan fingerprint density at radius 1 is 1.24 bits per heavy atom. The van der Waals surface area contributed by atoms with Crippen molar-refractivity contribution in [3.05, 3.63) is 34.9 Å². The lowest BCUT2D eigenvalue weighted by Gasteiger charge is -2.60. The van der Waals surface area contributed by atoms with Crippen molar-refractivity contribution < 1.29 is 4.79 Å². The number of benzene rings is 1. The number of hydrogen-bond acceptors (Lipinski definition) is 2. The Balaban J connectivity index is 1.59. The first-order valence-corrected chi connectivity index (χ1v) is 10.3. The van der Waals surface area contributed by atoms with Gasteiger partial charge < -0.3 is 5.73 Å². The molecule has 2 unspecified atom stereocenters. The van der Waals surface area contributed by atoms with Crippen LogP contribution in [0, 0.1) is 11.8 Å². The van der Waals surface area contributed by atoms with Crippen molar-refractivity contribution in [2.75, 3.05) is 6.54 Å². The van der Waals surface area contributed by atoms with Crippen LogP contribution >= 0.6 is 0 Å². The molecule has 1 heterocycles. The third-order valence-electron chi connectivity index (χ3n) is 7.99. The maximum Gasteiger partial charge on any atom is 0.248 e. The molecule has 25 heavy (non-hydrogen) atoms. The predicted octanol–water partition coefficient (Wildman–Crippen LogP) is 3.64. The summed E-state index contributed by atoms with van der Waals surface area (Å²) in [5.41, 5.74) is 9.56. The molecule has 1 saturated heterocycles. The summed E-state index contributed by atoms with van der Waals surface area (Å²) in [5, 5.41) is 0. The van der Waals surface area contributed by atoms with Gasteiger partial charge in [0.1, 0.15) is 0 Å². The molecule has 1 aliphatic heterocycles. The van der Waals surface area contributed by atoms with Crippen molar-refractivity contribution in [3.8, 4) is 0 Å². The summed E-state index contributed by atoms with van der Waals surface area (Å²) >= 11 is 0. The van der Waals surface area contributed by atoms with Crippen molar-refractivity contribution in [2.45, 2.75) is 75.8 Å². The van der Waals surface area contributed by atoms with Gasteiger partial charge in [-0.3, -0.25) is 9.69 Å². The number of nitrogens with zero attached hydrogens (tertiary/aromatic N) is 1. The number of carbonyl (C=O) groups is 1. The van der Waals surface area contributed by atoms with E-state index in [2.05, 4.69) is 24.0 Å². The first-order chi connectivity index (χ1) is 12.1. The second-order valence-electron chi connectivity index (χ2n) is 9.08. The molecule has 3 heteroatoms. The second-order valence-corrected chi connectivity index (χ2v) is 9.08. The van der Waals surface area contributed by atoms with E-state index in [0.717, 1.165) is 24.3 Å². The van der Waals surface area contributed by atoms with Crippen molar-refractivity contribution >= 4 is 5.91 Å². The Morgan fingerprint density at radius 3 is 2.84 bits per heavy atom. The molecule has 3 fully saturated rings. The number of carbonyl (C=O) groups excluding carboxylic acids is 1. The van der Waals surface area contributed by atoms with E-state index in [1.54, 1.807) is 0 Å². The van der Waals surface area contributed by atoms with Gasteiger partial charge in [-0.2, -0.15) is 0 Å². The average molecular weight is 338 g/mol. The topological polar surface area (TPSA) is 46.3 Å². The first-order valence-electron chi connectivity index (χ1n) is 10.3. The fourth-order valence-corrected chi connectivity index (χ4v) is 6.54. The fraction of sp³-hybridized carbons (Fsp3) is 0.682. The van der Waals surface area contributed by atoms with Crippen LogP contribution in [0.3, 0.4) is 0 Å². The van der Waals surface area contributed by atoms with Gasteiger partial charge in [0, 0.05) is 23.1 Å². The van der Waals surface area contributed by atoms with Crippen LogP contribution in [0.5, 0.6) is 0 Å². The van der Waals surface area contributed by atoms with Gasteiger partial charge in [-0.05, 0) is 87.1 Å². The summed E-state index contributed by atoms with van der Waals surface area (Å²) in [5.74, 6) is 1.43. The molecule has 2 N–H and O–H groups in total. The van der Waals surface area contributed by atoms with E-state index in [1.807, 2.05) is 6.07 Å². The number of fused-ring (bicyclic) bond motifs is 1. The summed E-state index contributed by atoms with van der Waals surface area (Å²) < 4.78 is 0. The van der Waals surface area contributed by atoms with Gasteiger partial charge in [-0.25, -0.2) is 0 Å². The van der Waals surface area contributed by atoms with Crippen LogP contribution in [0.15, 0.2) is 18.2 Å². The molecule has 3 nitrogen and oxygen atoms in total. The van der Waals surface area contributed by atoms with Gasteiger partial charge in [0.2, 0.25) is 5.91 Å². The highest BCUT2D eigenvalue weighted by atomic mass is 16.1. The number of nitrogens with two attached hydrogens (primary N) is 1. The molecular formula is C22H30N2O. The molecule has 3 aliphatic carbocycles. The Kier molecular flexibility index (Phi) is 3.54. The van der Waals surface area contributed by atoms with Gasteiger partial charge in [-0.15, -0.1) is 0 Å². The van der Waals surface area contributed by atoms with E-state index in [0.29, 0.717) is 17.0 Å². The van der Waals surface area contributed by atoms with Crippen molar-refractivity contribution in [3.63, 3.8) is 0 Å². The molecule has 1 amide bonds. The minimum Gasteiger partial charge on any atom is -0.366 e. The second kappa shape index (κ2) is 5.57. The molecule has 134 valence electrons. The van der Waals surface area contributed by atoms with Crippen LogP contribution in [-0.2, 0) is 11.8 Å². The maximum atomic E-state index is 11.8. The van der Waals surface area contributed by atoms with E-state index in [1.165, 1.54) is 62.6 Å². The van der Waals surface area contributed by atoms with E-state index in [9.17, 15) is 4.79 Å². The van der Waals surface area contributed by atoms with Crippen LogP contribution in [0.2, 0.25) is 0 Å². The molecule has 4 aliphatic rings. The number of likely N-dealkylation sites (tertiary alicyclic amines) is 1. The summed E-state index contributed by atoms with van der Waals surface area (Å²) in [4.78, 5) is 14.6. The highest BCUT2D eigenvalue weighted by Crippen LogP contribution is 2.56. The summed E-state index contributed by atoms with van der Waals surface area (Å²) in [7, 11) is 0. The van der Waals surface area contributed by atoms with Gasteiger partial charge in [0.05, 0.1) is 0 Å². The zero-order valence-corrected chi connectivity index (χ0v) is 15.3. The molecule has 5 rings (SSSR count). The lowest BCUT2D eigenvalue weighted by Crippen LogP contribution is -2.63. The smallest absolute Gasteiger partial charge is 0.248 e. The van der Waals surface area contributed by atoms with Gasteiger partial charge in [0.15, 0.2) is 0 Å². The summed E-state index contributed by atoms with van der Waals surface area (Å²) in [6.45, 7) is 3.71. The Morgan fingerprint density at radius 2 is 2.08 bits per heavy atom. The number of hydrogen-bond donors (Lipinski definition) is 1. The fourth-order valence-electron chi connectivity index (χ4n) is 6.54. The van der Waals surface area contributed by atoms with E-state index >= 15 is 0 Å². The first kappa shape index (κ1) is 15.9. The largest absolute Gasteiger partial charge is 0.366 e. The molecule has 2 saturated carbocycles. The standard InChI is InChI=1S/C22H30N2O/c1-14(15-5-6-15)24-11-10-22-9-3-2-4-18(22)20(24)13-16-7-8-17(21(23)25)12-19(16)22/h7-8,12,14-15,18,20H,2-6,9-11,13H2,1H3,(H2,23,25)/t14-,18?,20?,22+/m0/s1. The van der Waals surface area contributed by atoms with Crippen molar-refractivity contribution in [1.29, 1.82) is 0 Å². The SMILES string of the molecule is C[C@@H](C1CC1)N1CC[C@]23CCCCC2C1Cc1ccc(C(N)=O)cc13. The molecule has 1 aromatic carbocycles. The van der Waals surface area contributed by atoms with E-state index in [4.69, 9.17) is 5.73 Å². The third-order valence-corrected chi connectivity index (χ3v) is 7.99. The number of rotatable bonds is 3. The van der Waals surface area contributed by atoms with E-state index in [-0.39, 0.29) is 5.91 Å². The number of primary amides is 1. The van der Waals surface area contributed by atoms with Gasteiger partial charge in [-0.1, -0.05) is 18.9 Å². The van der Waals surface area contributed by atoms with Crippen LogP contribution in [-0.4, -0.2) is 29.4 Å². The lowest BCUT2D eigenvalue weighted by molar-refractivity contribution is -0.0343. The predicted molar refractivity (Wildman–Crippen MR) is 99.6 cm³/mol. The normalized spacial score (nSPS) is 35.6. The molecule has 0 spiro atoms. The monoisotopic (exact) mass is 338 g/mol. The average Bonchev–Trinajstić information content (AvgIpc) is 3.46. The quantitative estimate of drug-likeness (QED) is 0.914. The molecule has 1 aromatic rings. The molecular weight excluding hydrogens is 308 g/mol. The Labute approximate surface area is 151 Å². The number of amides is 1. The molecule has 2 bridgehead atoms. The lowest BCUT2D eigenvalue weighted by atomic mass is 9.52. The van der Waals surface area contributed by atoms with Crippen LogP contribution in [0.25, 0.3) is 0 Å². The third kappa shape index (κ3) is 2.31. The highest BCUT2D eigenvalue weighted by Gasteiger charge is 2.55. The maximum absolute atomic E-state index is 11.8. The van der Waals surface area contributed by atoms with Crippen LogP contribution in [0.1, 0.15) is 73.4 Å². The summed E-state index contributed by atoms with van der Waals surface area (Å²) in [6.07, 6.45) is 10.7. The zero-order chi connectivity index (χ0) is 17.2. The Bertz CT molecular complexity index is 710. The zero-order valence-electron chi connectivity index (χ0n) is 15.3. The van der Waals surface area contributed by atoms with Gasteiger partial charge >= 0.3 is 0 Å². The van der Waals surface area contributed by atoms with E-state index < -0.39 is 0 Å². The number of piperidine rings is 1. The Hall–Kier alpha value is -1.35. The van der Waals surface area contributed by atoms with Crippen LogP contribution < -0.4 is 5.73 Å². The highest BCUT2D eigenvalue weighted by molar-refractivity contribution is 5.93. The van der Waals surface area contributed by atoms with Gasteiger partial charge in [0.25, 0.3) is 0 Å². The van der Waals surface area contributed by atoms with Crippen molar-refractivity contribution in [2.24, 2.45) is 17.6 Å². The minimum absolute atomic E-state index is 0.284. The summed E-state index contributed by atoms with van der Waals surface area (Å²) in [6, 6.07) is 7.77. The minimum atomic E-state index is -0.284. The van der Waals surface area contributed by atoms with Crippen molar-refractivity contribution in [1.82, 2.24) is 4.90 Å². The molecule has 0 aromatic heterocycles.